The maximum absolute atomic E-state index is 6.02. The molecular formula is C12H15ClN4. The van der Waals surface area contributed by atoms with Crippen LogP contribution in [0.2, 0.25) is 5.15 Å². The molecule has 0 bridgehead atoms. The van der Waals surface area contributed by atoms with Gasteiger partial charge in [0.1, 0.15) is 10.8 Å². The van der Waals surface area contributed by atoms with Crippen LogP contribution in [0.4, 0.5) is 0 Å². The van der Waals surface area contributed by atoms with E-state index in [-0.39, 0.29) is 0 Å². The smallest absolute Gasteiger partial charge is 0.179 e. The van der Waals surface area contributed by atoms with Crippen molar-refractivity contribution < 1.29 is 0 Å². The zero-order valence-corrected chi connectivity index (χ0v) is 10.9. The van der Waals surface area contributed by atoms with Gasteiger partial charge < -0.3 is 0 Å². The number of rotatable bonds is 3. The van der Waals surface area contributed by atoms with Crippen molar-refractivity contribution in [1.29, 1.82) is 0 Å². The second kappa shape index (κ2) is 4.84. The molecule has 0 aliphatic rings. The summed E-state index contributed by atoms with van der Waals surface area (Å²) in [5.41, 5.74) is 1.84. The van der Waals surface area contributed by atoms with Gasteiger partial charge in [0, 0.05) is 18.9 Å². The minimum atomic E-state index is 0.479. The monoisotopic (exact) mass is 250 g/mol. The Hall–Kier alpha value is -1.42. The van der Waals surface area contributed by atoms with Crippen molar-refractivity contribution >= 4 is 11.6 Å². The first-order valence-electron chi connectivity index (χ1n) is 5.58. The van der Waals surface area contributed by atoms with Crippen LogP contribution in [0.25, 0.3) is 11.5 Å². The number of halogens is 1. The molecule has 4 nitrogen and oxygen atoms in total. The van der Waals surface area contributed by atoms with Crippen LogP contribution in [-0.2, 0) is 13.5 Å². The van der Waals surface area contributed by atoms with E-state index in [0.717, 1.165) is 17.8 Å². The summed E-state index contributed by atoms with van der Waals surface area (Å²) in [7, 11) is 1.86. The summed E-state index contributed by atoms with van der Waals surface area (Å²) in [5.74, 6) is 1.17. The Bertz CT molecular complexity index is 519. The average Bonchev–Trinajstić information content (AvgIpc) is 2.62. The van der Waals surface area contributed by atoms with Gasteiger partial charge in [-0.3, -0.25) is 4.68 Å². The summed E-state index contributed by atoms with van der Waals surface area (Å²) in [4.78, 5) is 8.76. The standard InChI is InChI=1S/C12H15ClN4/c1-8(2)6-9-7-11(13)16-12(15-9)10-4-5-14-17(10)3/h4-5,7-8H,6H2,1-3H3. The molecule has 0 atom stereocenters. The van der Waals surface area contributed by atoms with Gasteiger partial charge in [0.15, 0.2) is 5.82 Å². The van der Waals surface area contributed by atoms with Crippen molar-refractivity contribution in [1.82, 2.24) is 19.7 Å². The Morgan fingerprint density at radius 1 is 1.35 bits per heavy atom. The number of hydrogen-bond acceptors (Lipinski definition) is 3. The molecule has 0 saturated carbocycles. The van der Waals surface area contributed by atoms with Gasteiger partial charge in [-0.05, 0) is 24.5 Å². The highest BCUT2D eigenvalue weighted by Gasteiger charge is 2.10. The fourth-order valence-corrected chi connectivity index (χ4v) is 1.90. The molecule has 0 aromatic carbocycles. The van der Waals surface area contributed by atoms with E-state index < -0.39 is 0 Å². The van der Waals surface area contributed by atoms with E-state index >= 15 is 0 Å². The average molecular weight is 251 g/mol. The van der Waals surface area contributed by atoms with Gasteiger partial charge in [0.25, 0.3) is 0 Å². The van der Waals surface area contributed by atoms with Crippen LogP contribution < -0.4 is 0 Å². The van der Waals surface area contributed by atoms with Crippen molar-refractivity contribution in [2.45, 2.75) is 20.3 Å². The van der Waals surface area contributed by atoms with Gasteiger partial charge in [0.05, 0.1) is 0 Å². The molecule has 2 aromatic rings. The highest BCUT2D eigenvalue weighted by Crippen LogP contribution is 2.18. The SMILES string of the molecule is CC(C)Cc1cc(Cl)nc(-c2ccnn2C)n1. The second-order valence-electron chi connectivity index (χ2n) is 4.44. The van der Waals surface area contributed by atoms with Crippen molar-refractivity contribution in [3.63, 3.8) is 0 Å². The van der Waals surface area contributed by atoms with Crippen LogP contribution in [0.15, 0.2) is 18.3 Å². The molecule has 0 saturated heterocycles. The Morgan fingerprint density at radius 2 is 2.12 bits per heavy atom. The van der Waals surface area contributed by atoms with E-state index in [9.17, 15) is 0 Å². The quantitative estimate of drug-likeness (QED) is 0.787. The third-order valence-corrected chi connectivity index (χ3v) is 2.61. The molecule has 0 aliphatic heterocycles. The summed E-state index contributed by atoms with van der Waals surface area (Å²) in [5, 5.41) is 4.59. The lowest BCUT2D eigenvalue weighted by molar-refractivity contribution is 0.634. The number of hydrogen-bond donors (Lipinski definition) is 0. The van der Waals surface area contributed by atoms with Gasteiger partial charge in [-0.25, -0.2) is 9.97 Å². The molecule has 0 fully saturated rings. The highest BCUT2D eigenvalue weighted by molar-refractivity contribution is 6.29. The third-order valence-electron chi connectivity index (χ3n) is 2.42. The summed E-state index contributed by atoms with van der Waals surface area (Å²) in [6.45, 7) is 4.31. The van der Waals surface area contributed by atoms with Crippen molar-refractivity contribution in [3.8, 4) is 11.5 Å². The first kappa shape index (κ1) is 12.0. The normalized spacial score (nSPS) is 11.1. The molecule has 0 radical (unpaired) electrons. The fraction of sp³-hybridized carbons (Fsp3) is 0.417. The zero-order chi connectivity index (χ0) is 12.4. The van der Waals surface area contributed by atoms with Crippen molar-refractivity contribution in [3.05, 3.63) is 29.2 Å². The first-order valence-corrected chi connectivity index (χ1v) is 5.96. The van der Waals surface area contributed by atoms with Crippen LogP contribution in [0.3, 0.4) is 0 Å². The van der Waals surface area contributed by atoms with Gasteiger partial charge >= 0.3 is 0 Å². The Kier molecular flexibility index (Phi) is 3.43. The van der Waals surface area contributed by atoms with E-state index in [1.54, 1.807) is 10.9 Å². The van der Waals surface area contributed by atoms with Gasteiger partial charge in [0.2, 0.25) is 0 Å². The summed E-state index contributed by atoms with van der Waals surface area (Å²) in [6, 6.07) is 3.70. The van der Waals surface area contributed by atoms with Crippen LogP contribution in [-0.4, -0.2) is 19.7 Å². The Labute approximate surface area is 106 Å². The van der Waals surface area contributed by atoms with E-state index in [4.69, 9.17) is 11.6 Å². The molecular weight excluding hydrogens is 236 g/mol. The second-order valence-corrected chi connectivity index (χ2v) is 4.83. The maximum atomic E-state index is 6.02. The van der Waals surface area contributed by atoms with Crippen LogP contribution in [0.5, 0.6) is 0 Å². The summed E-state index contributed by atoms with van der Waals surface area (Å²) < 4.78 is 1.74. The molecule has 2 aromatic heterocycles. The third kappa shape index (κ3) is 2.82. The Morgan fingerprint density at radius 3 is 2.71 bits per heavy atom. The predicted octanol–water partition coefficient (Wildman–Crippen LogP) is 2.73. The summed E-state index contributed by atoms with van der Waals surface area (Å²) >= 11 is 6.02. The molecule has 5 heteroatoms. The minimum Gasteiger partial charge on any atom is -0.265 e. The topological polar surface area (TPSA) is 43.6 Å². The number of aromatic nitrogens is 4. The Balaban J connectivity index is 2.42. The molecule has 0 spiro atoms. The fourth-order valence-electron chi connectivity index (χ4n) is 1.69. The van der Waals surface area contributed by atoms with Crippen molar-refractivity contribution in [2.24, 2.45) is 13.0 Å². The van der Waals surface area contributed by atoms with E-state index in [0.29, 0.717) is 16.9 Å². The molecule has 2 heterocycles. The minimum absolute atomic E-state index is 0.479. The number of nitrogens with zero attached hydrogens (tertiary/aromatic N) is 4. The zero-order valence-electron chi connectivity index (χ0n) is 10.2. The van der Waals surface area contributed by atoms with E-state index in [1.807, 2.05) is 19.2 Å². The molecule has 0 unspecified atom stereocenters. The molecule has 0 aliphatic carbocycles. The van der Waals surface area contributed by atoms with Gasteiger partial charge in [-0.15, -0.1) is 0 Å². The van der Waals surface area contributed by atoms with Crippen molar-refractivity contribution in [2.75, 3.05) is 0 Å². The molecule has 0 N–H and O–H groups in total. The maximum Gasteiger partial charge on any atom is 0.179 e. The first-order chi connectivity index (χ1) is 8.06. The molecule has 17 heavy (non-hydrogen) atoms. The highest BCUT2D eigenvalue weighted by atomic mass is 35.5. The lowest BCUT2D eigenvalue weighted by Crippen LogP contribution is -2.03. The molecule has 2 rings (SSSR count). The number of aryl methyl sites for hydroxylation is 1. The lowest BCUT2D eigenvalue weighted by Gasteiger charge is -2.07. The predicted molar refractivity (Wildman–Crippen MR) is 67.8 cm³/mol. The molecule has 90 valence electrons. The molecule has 0 amide bonds. The van der Waals surface area contributed by atoms with Crippen LogP contribution in [0.1, 0.15) is 19.5 Å². The largest absolute Gasteiger partial charge is 0.265 e. The van der Waals surface area contributed by atoms with E-state index in [1.165, 1.54) is 0 Å². The van der Waals surface area contributed by atoms with E-state index in [2.05, 4.69) is 28.9 Å². The summed E-state index contributed by atoms with van der Waals surface area (Å²) in [6.07, 6.45) is 2.62. The van der Waals surface area contributed by atoms with Crippen LogP contribution >= 0.6 is 11.6 Å². The van der Waals surface area contributed by atoms with Crippen LogP contribution in [0, 0.1) is 5.92 Å². The lowest BCUT2D eigenvalue weighted by atomic mass is 10.1. The van der Waals surface area contributed by atoms with Gasteiger partial charge in [-0.2, -0.15) is 5.10 Å². The van der Waals surface area contributed by atoms with Gasteiger partial charge in [-0.1, -0.05) is 25.4 Å².